The van der Waals surface area contributed by atoms with Gasteiger partial charge in [-0.1, -0.05) is 0 Å². The molecule has 3 amide bonds. The van der Waals surface area contributed by atoms with Crippen molar-refractivity contribution in [2.24, 2.45) is 5.92 Å². The fourth-order valence-electron chi connectivity index (χ4n) is 5.46. The molecule has 1 aromatic rings. The third-order valence-electron chi connectivity index (χ3n) is 7.55. The van der Waals surface area contributed by atoms with Crippen LogP contribution in [0.2, 0.25) is 0 Å². The molecule has 1 aromatic heterocycles. The number of pyridine rings is 1. The number of amides is 3. The van der Waals surface area contributed by atoms with Gasteiger partial charge in [0.15, 0.2) is 0 Å². The zero-order chi connectivity index (χ0) is 24.1. The first-order valence-electron chi connectivity index (χ1n) is 12.6. The molecule has 3 aliphatic rings. The van der Waals surface area contributed by atoms with Gasteiger partial charge in [0.25, 0.3) is 5.91 Å². The van der Waals surface area contributed by atoms with Gasteiger partial charge in [-0.25, -0.2) is 0 Å². The number of nitrogens with one attached hydrogen (secondary N) is 1. The number of piperidine rings is 2. The molecule has 1 N–H and O–H groups in total. The maximum Gasteiger partial charge on any atom is 0.257 e. The highest BCUT2D eigenvalue weighted by molar-refractivity contribution is 5.99. The van der Waals surface area contributed by atoms with E-state index in [1.54, 1.807) is 12.4 Å². The molecule has 0 aromatic carbocycles. The molecular weight excluding hydrogens is 432 g/mol. The minimum absolute atomic E-state index is 0.0145. The highest BCUT2D eigenvalue weighted by Crippen LogP contribution is 2.26. The number of carbonyl (C=O) groups excluding carboxylic acids is 3. The Labute approximate surface area is 202 Å². The summed E-state index contributed by atoms with van der Waals surface area (Å²) in [6, 6.07) is 2.33. The van der Waals surface area contributed by atoms with Gasteiger partial charge in [-0.2, -0.15) is 0 Å². The van der Waals surface area contributed by atoms with E-state index in [0.29, 0.717) is 11.6 Å². The van der Waals surface area contributed by atoms with Crippen LogP contribution in [0.3, 0.4) is 0 Å². The van der Waals surface area contributed by atoms with E-state index in [1.165, 1.54) is 0 Å². The van der Waals surface area contributed by atoms with E-state index in [0.717, 1.165) is 83.5 Å². The lowest BCUT2D eigenvalue weighted by atomic mass is 9.92. The van der Waals surface area contributed by atoms with Gasteiger partial charge in [0.05, 0.1) is 17.8 Å². The summed E-state index contributed by atoms with van der Waals surface area (Å²) in [7, 11) is 3.88. The molecule has 9 heteroatoms. The summed E-state index contributed by atoms with van der Waals surface area (Å²) >= 11 is 0. The summed E-state index contributed by atoms with van der Waals surface area (Å²) in [5, 5.41) is 2.87. The second kappa shape index (κ2) is 11.2. The van der Waals surface area contributed by atoms with Crippen molar-refractivity contribution >= 4 is 23.4 Å². The fraction of sp³-hybridized carbons (Fsp3) is 0.680. The van der Waals surface area contributed by atoms with E-state index in [4.69, 9.17) is 0 Å². The van der Waals surface area contributed by atoms with Gasteiger partial charge < -0.3 is 24.9 Å². The first kappa shape index (κ1) is 24.4. The molecule has 0 bridgehead atoms. The molecule has 34 heavy (non-hydrogen) atoms. The lowest BCUT2D eigenvalue weighted by Crippen LogP contribution is -2.50. The van der Waals surface area contributed by atoms with Crippen molar-refractivity contribution in [3.8, 4) is 0 Å². The number of nitrogens with zero attached hydrogens (tertiary/aromatic N) is 5. The number of anilines is 1. The summed E-state index contributed by atoms with van der Waals surface area (Å²) in [5.41, 5.74) is 1.55. The molecule has 9 nitrogen and oxygen atoms in total. The van der Waals surface area contributed by atoms with Crippen LogP contribution in [0.15, 0.2) is 18.5 Å². The topological polar surface area (TPSA) is 89.1 Å². The summed E-state index contributed by atoms with van der Waals surface area (Å²) in [6.45, 7) is 5.02. The minimum atomic E-state index is -0.0145. The van der Waals surface area contributed by atoms with Crippen molar-refractivity contribution in [1.82, 2.24) is 25.0 Å². The van der Waals surface area contributed by atoms with Crippen molar-refractivity contribution in [2.45, 2.75) is 44.6 Å². The largest absolute Gasteiger partial charge is 0.377 e. The van der Waals surface area contributed by atoms with E-state index in [2.05, 4.69) is 15.2 Å². The first-order chi connectivity index (χ1) is 16.4. The number of aromatic nitrogens is 1. The number of carbonyl (C=O) groups is 3. The molecule has 3 aliphatic heterocycles. The minimum Gasteiger partial charge on any atom is -0.377 e. The van der Waals surface area contributed by atoms with Crippen LogP contribution in [0.1, 0.15) is 48.9 Å². The van der Waals surface area contributed by atoms with Crippen LogP contribution in [0.4, 0.5) is 5.69 Å². The lowest BCUT2D eigenvalue weighted by molar-refractivity contribution is -0.133. The predicted octanol–water partition coefficient (Wildman–Crippen LogP) is 1.20. The fourth-order valence-corrected chi connectivity index (χ4v) is 5.46. The molecule has 0 aliphatic carbocycles. The predicted molar refractivity (Wildman–Crippen MR) is 131 cm³/mol. The van der Waals surface area contributed by atoms with Crippen LogP contribution in [0.25, 0.3) is 0 Å². The molecule has 0 spiro atoms. The third kappa shape index (κ3) is 5.68. The van der Waals surface area contributed by atoms with Crippen LogP contribution < -0.4 is 10.2 Å². The zero-order valence-corrected chi connectivity index (χ0v) is 20.5. The maximum atomic E-state index is 13.1. The highest BCUT2D eigenvalue weighted by atomic mass is 16.2. The number of likely N-dealkylation sites (tertiary alicyclic amines) is 3. The number of hydrogen-bond acceptors (Lipinski definition) is 6. The van der Waals surface area contributed by atoms with E-state index < -0.39 is 0 Å². The summed E-state index contributed by atoms with van der Waals surface area (Å²) in [4.78, 5) is 50.2. The zero-order valence-electron chi connectivity index (χ0n) is 20.5. The normalized spacial score (nSPS) is 20.4. The second-order valence-corrected chi connectivity index (χ2v) is 9.93. The van der Waals surface area contributed by atoms with E-state index in [1.807, 2.05) is 34.9 Å². The number of rotatable bonds is 6. The molecular formula is C25H38N6O3. The van der Waals surface area contributed by atoms with Gasteiger partial charge in [0.1, 0.15) is 0 Å². The van der Waals surface area contributed by atoms with Crippen molar-refractivity contribution in [3.05, 3.63) is 24.0 Å². The van der Waals surface area contributed by atoms with Gasteiger partial charge in [0, 0.05) is 64.6 Å². The maximum absolute atomic E-state index is 13.1. The molecule has 0 unspecified atom stereocenters. The Balaban J connectivity index is 1.20. The summed E-state index contributed by atoms with van der Waals surface area (Å²) < 4.78 is 0. The van der Waals surface area contributed by atoms with Crippen molar-refractivity contribution < 1.29 is 14.4 Å². The average molecular weight is 471 g/mol. The smallest absolute Gasteiger partial charge is 0.257 e. The van der Waals surface area contributed by atoms with Crippen LogP contribution >= 0.6 is 0 Å². The molecule has 4 rings (SSSR count). The van der Waals surface area contributed by atoms with E-state index >= 15 is 0 Å². The van der Waals surface area contributed by atoms with E-state index in [9.17, 15) is 14.4 Å². The lowest BCUT2D eigenvalue weighted by Gasteiger charge is -2.41. The van der Waals surface area contributed by atoms with Crippen molar-refractivity contribution in [3.63, 3.8) is 0 Å². The van der Waals surface area contributed by atoms with Crippen LogP contribution in [-0.2, 0) is 9.59 Å². The van der Waals surface area contributed by atoms with Gasteiger partial charge >= 0.3 is 0 Å². The number of hydrogen-bond donors (Lipinski definition) is 1. The Morgan fingerprint density at radius 2 is 1.65 bits per heavy atom. The molecule has 3 fully saturated rings. The molecule has 0 radical (unpaired) electrons. The van der Waals surface area contributed by atoms with Crippen molar-refractivity contribution in [1.29, 1.82) is 0 Å². The third-order valence-corrected chi connectivity index (χ3v) is 7.55. The quantitative estimate of drug-likeness (QED) is 0.672. The standard InChI is InChI=1S/C25H38N6O3/c1-28(2)22-5-10-26-17-21(22)25(34)31-15-8-20(9-16-31)29-13-6-19(7-14-29)24(33)27-18-23(32)30-11-3-4-12-30/h5,10,17,19-20H,3-4,6-9,11-16,18H2,1-2H3,(H,27,33). The Kier molecular flexibility index (Phi) is 8.03. The molecule has 3 saturated heterocycles. The van der Waals surface area contributed by atoms with Gasteiger partial charge in [-0.3, -0.25) is 19.4 Å². The van der Waals surface area contributed by atoms with Gasteiger partial charge in [0.2, 0.25) is 11.8 Å². The van der Waals surface area contributed by atoms with Gasteiger partial charge in [-0.05, 0) is 57.7 Å². The second-order valence-electron chi connectivity index (χ2n) is 9.93. The van der Waals surface area contributed by atoms with Crippen molar-refractivity contribution in [2.75, 3.05) is 64.8 Å². The highest BCUT2D eigenvalue weighted by Gasteiger charge is 2.32. The summed E-state index contributed by atoms with van der Waals surface area (Å²) in [6.07, 6.45) is 9.05. The van der Waals surface area contributed by atoms with Crippen LogP contribution in [-0.4, -0.2) is 103 Å². The Hall–Kier alpha value is -2.68. The average Bonchev–Trinajstić information content (AvgIpc) is 3.42. The van der Waals surface area contributed by atoms with Crippen LogP contribution in [0.5, 0.6) is 0 Å². The van der Waals surface area contributed by atoms with E-state index in [-0.39, 0.29) is 30.2 Å². The van der Waals surface area contributed by atoms with Crippen LogP contribution in [0, 0.1) is 5.92 Å². The molecule has 0 atom stereocenters. The molecule has 4 heterocycles. The monoisotopic (exact) mass is 470 g/mol. The Morgan fingerprint density at radius 3 is 2.29 bits per heavy atom. The van der Waals surface area contributed by atoms with Gasteiger partial charge in [-0.15, -0.1) is 0 Å². The molecule has 0 saturated carbocycles. The Bertz CT molecular complexity index is 869. The summed E-state index contributed by atoms with van der Waals surface area (Å²) in [5.74, 6) is 0.0859. The SMILES string of the molecule is CN(C)c1ccncc1C(=O)N1CCC(N2CCC(C(=O)NCC(=O)N3CCCC3)CC2)CC1. The Morgan fingerprint density at radius 1 is 0.971 bits per heavy atom. The molecule has 186 valence electrons. The first-order valence-corrected chi connectivity index (χ1v) is 12.6.